The average molecular weight is 397 g/mol. The van der Waals surface area contributed by atoms with Gasteiger partial charge in [-0.15, -0.1) is 12.4 Å². The number of carbonyl (C=O) groups is 1. The van der Waals surface area contributed by atoms with Crippen LogP contribution in [-0.2, 0) is 16.4 Å². The van der Waals surface area contributed by atoms with Crippen LogP contribution in [0.25, 0.3) is 0 Å². The number of hydrogen-bond acceptors (Lipinski definition) is 3. The summed E-state index contributed by atoms with van der Waals surface area (Å²) in [7, 11) is 0. The number of benzene rings is 1. The van der Waals surface area contributed by atoms with Crippen molar-refractivity contribution in [2.45, 2.75) is 43.3 Å². The molecule has 0 bridgehead atoms. The first kappa shape index (κ1) is 22.1. The van der Waals surface area contributed by atoms with Crippen molar-refractivity contribution < 1.29 is 18.0 Å². The molecule has 0 unspecified atom stereocenters. The number of nitrogens with one attached hydrogen (secondary N) is 1. The van der Waals surface area contributed by atoms with Gasteiger partial charge in [0.25, 0.3) is 0 Å². The molecule has 0 heterocycles. The minimum Gasteiger partial charge on any atom is -0.354 e. The highest BCUT2D eigenvalue weighted by Gasteiger charge is 2.40. The van der Waals surface area contributed by atoms with E-state index >= 15 is 0 Å². The molecule has 2 rings (SSSR count). The van der Waals surface area contributed by atoms with Gasteiger partial charge in [0.1, 0.15) is 0 Å². The summed E-state index contributed by atoms with van der Waals surface area (Å²) in [5.41, 5.74) is 5.43. The number of alkyl halides is 3. The Labute approximate surface area is 156 Å². The molecule has 25 heavy (non-hydrogen) atoms. The first-order valence-corrected chi connectivity index (χ1v) is 9.38. The molecule has 3 nitrogen and oxygen atoms in total. The Bertz CT molecular complexity index is 579. The van der Waals surface area contributed by atoms with E-state index in [9.17, 15) is 18.0 Å². The van der Waals surface area contributed by atoms with Crippen molar-refractivity contribution in [3.63, 3.8) is 0 Å². The van der Waals surface area contributed by atoms with Gasteiger partial charge in [0.05, 0.1) is 11.6 Å². The van der Waals surface area contributed by atoms with Crippen LogP contribution in [0.1, 0.15) is 36.8 Å². The van der Waals surface area contributed by atoms with Crippen molar-refractivity contribution in [2.24, 2.45) is 5.73 Å². The lowest BCUT2D eigenvalue weighted by Crippen LogP contribution is -2.49. The smallest absolute Gasteiger partial charge is 0.354 e. The van der Waals surface area contributed by atoms with Gasteiger partial charge in [-0.05, 0) is 42.9 Å². The number of thioether (sulfide) groups is 1. The maximum absolute atomic E-state index is 12.9. The Morgan fingerprint density at radius 2 is 2.08 bits per heavy atom. The summed E-state index contributed by atoms with van der Waals surface area (Å²) >= 11 is 1.62. The fraction of sp³-hybridized carbons (Fsp3) is 0.588. The highest BCUT2D eigenvalue weighted by molar-refractivity contribution is 7.98. The molecule has 0 aromatic heterocycles. The lowest BCUT2D eigenvalue weighted by atomic mass is 9.64. The van der Waals surface area contributed by atoms with Gasteiger partial charge < -0.3 is 11.1 Å². The number of halogens is 4. The predicted molar refractivity (Wildman–Crippen MR) is 98.2 cm³/mol. The molecule has 0 aliphatic heterocycles. The number of hydrogen-bond donors (Lipinski definition) is 2. The molecule has 1 saturated carbocycles. The lowest BCUT2D eigenvalue weighted by molar-refractivity contribution is -0.137. The minimum absolute atomic E-state index is 0. The average Bonchev–Trinajstić information content (AvgIpc) is 2.50. The molecular formula is C17H24ClF3N2OS. The molecule has 1 atom stereocenters. The van der Waals surface area contributed by atoms with Crippen LogP contribution in [0.2, 0.25) is 0 Å². The van der Waals surface area contributed by atoms with Crippen LogP contribution in [0.15, 0.2) is 24.3 Å². The third kappa shape index (κ3) is 5.53. The molecule has 0 saturated heterocycles. The first-order chi connectivity index (χ1) is 11.3. The largest absolute Gasteiger partial charge is 0.416 e. The third-order valence-corrected chi connectivity index (χ3v) is 5.33. The number of carbonyl (C=O) groups excluding carboxylic acids is 1. The first-order valence-electron chi connectivity index (χ1n) is 7.98. The van der Waals surface area contributed by atoms with Gasteiger partial charge in [-0.1, -0.05) is 24.6 Å². The van der Waals surface area contributed by atoms with E-state index in [0.717, 1.165) is 31.1 Å². The van der Waals surface area contributed by atoms with Crippen molar-refractivity contribution in [2.75, 3.05) is 18.6 Å². The Hall–Kier alpha value is -0.920. The fourth-order valence-corrected chi connectivity index (χ4v) is 3.45. The van der Waals surface area contributed by atoms with Gasteiger partial charge in [-0.2, -0.15) is 24.9 Å². The molecule has 142 valence electrons. The maximum atomic E-state index is 12.9. The summed E-state index contributed by atoms with van der Waals surface area (Å²) in [6.45, 7) is 0.333. The zero-order valence-corrected chi connectivity index (χ0v) is 15.7. The zero-order valence-electron chi connectivity index (χ0n) is 14.1. The van der Waals surface area contributed by atoms with Crippen LogP contribution >= 0.6 is 24.2 Å². The van der Waals surface area contributed by atoms with E-state index in [0.29, 0.717) is 18.5 Å². The molecule has 8 heteroatoms. The topological polar surface area (TPSA) is 55.1 Å². The Morgan fingerprint density at radius 1 is 1.40 bits per heavy atom. The van der Waals surface area contributed by atoms with E-state index < -0.39 is 23.2 Å². The summed E-state index contributed by atoms with van der Waals surface area (Å²) < 4.78 is 38.8. The lowest BCUT2D eigenvalue weighted by Gasteiger charge is -2.43. The predicted octanol–water partition coefficient (Wildman–Crippen LogP) is 3.75. The van der Waals surface area contributed by atoms with Crippen LogP contribution in [0.4, 0.5) is 13.2 Å². The molecule has 1 aliphatic carbocycles. The van der Waals surface area contributed by atoms with Crippen LogP contribution in [0.3, 0.4) is 0 Å². The standard InChI is InChI=1S/C17H23F3N2OS.ClH/c1-24-9-6-14(21)15(23)22-11-16(7-3-8-16)12-4-2-5-13(10-12)17(18,19)20;/h2,4-5,10,14H,3,6-9,11,21H2,1H3,(H,22,23);1H/t14-;/m0./s1. The van der Waals surface area contributed by atoms with E-state index in [4.69, 9.17) is 5.73 Å². The second-order valence-corrected chi connectivity index (χ2v) is 7.30. The van der Waals surface area contributed by atoms with Gasteiger partial charge in [0, 0.05) is 12.0 Å². The van der Waals surface area contributed by atoms with E-state index in [1.165, 1.54) is 12.1 Å². The highest BCUT2D eigenvalue weighted by atomic mass is 35.5. The van der Waals surface area contributed by atoms with Crippen molar-refractivity contribution in [1.82, 2.24) is 5.32 Å². The van der Waals surface area contributed by atoms with Crippen molar-refractivity contribution in [3.8, 4) is 0 Å². The molecule has 0 spiro atoms. The van der Waals surface area contributed by atoms with Gasteiger partial charge in [0.15, 0.2) is 0 Å². The van der Waals surface area contributed by atoms with Crippen molar-refractivity contribution in [1.29, 1.82) is 0 Å². The van der Waals surface area contributed by atoms with Gasteiger partial charge in [-0.3, -0.25) is 4.79 Å². The molecule has 1 aliphatic rings. The van der Waals surface area contributed by atoms with Crippen LogP contribution in [0.5, 0.6) is 0 Å². The van der Waals surface area contributed by atoms with Gasteiger partial charge in [0.2, 0.25) is 5.91 Å². The molecule has 3 N–H and O–H groups in total. The number of nitrogens with two attached hydrogens (primary N) is 1. The van der Waals surface area contributed by atoms with Crippen molar-refractivity contribution >= 4 is 30.1 Å². The van der Waals surface area contributed by atoms with E-state index in [1.54, 1.807) is 17.8 Å². The molecule has 1 aromatic carbocycles. The SMILES string of the molecule is CSCC[C@H](N)C(=O)NCC1(c2cccc(C(F)(F)F)c2)CCC1.Cl. The summed E-state index contributed by atoms with van der Waals surface area (Å²) in [5.74, 6) is 0.565. The normalized spacial score (nSPS) is 17.2. The number of rotatable bonds is 7. The molecule has 0 radical (unpaired) electrons. The fourth-order valence-electron chi connectivity index (χ4n) is 2.96. The van der Waals surface area contributed by atoms with Crippen LogP contribution < -0.4 is 11.1 Å². The summed E-state index contributed by atoms with van der Waals surface area (Å²) in [5, 5.41) is 2.84. The van der Waals surface area contributed by atoms with Crippen molar-refractivity contribution in [3.05, 3.63) is 35.4 Å². The molecular weight excluding hydrogens is 373 g/mol. The van der Waals surface area contributed by atoms with Gasteiger partial charge >= 0.3 is 6.18 Å². The summed E-state index contributed by atoms with van der Waals surface area (Å²) in [6, 6.07) is 4.86. The second-order valence-electron chi connectivity index (χ2n) is 6.32. The Kier molecular flexibility index (Phi) is 8.09. The monoisotopic (exact) mass is 396 g/mol. The third-order valence-electron chi connectivity index (χ3n) is 4.68. The quantitative estimate of drug-likeness (QED) is 0.738. The second kappa shape index (κ2) is 9.14. The molecule has 1 fully saturated rings. The Morgan fingerprint density at radius 3 is 2.60 bits per heavy atom. The minimum atomic E-state index is -4.36. The summed E-state index contributed by atoms with van der Waals surface area (Å²) in [6.07, 6.45) is 0.670. The zero-order chi connectivity index (χ0) is 17.8. The molecule has 1 aromatic rings. The Balaban J connectivity index is 0.00000312. The molecule has 1 amide bonds. The highest BCUT2D eigenvalue weighted by Crippen LogP contribution is 2.44. The maximum Gasteiger partial charge on any atom is 0.416 e. The van der Waals surface area contributed by atoms with Crippen LogP contribution in [-0.4, -0.2) is 30.5 Å². The van der Waals surface area contributed by atoms with E-state index in [2.05, 4.69) is 5.32 Å². The van der Waals surface area contributed by atoms with E-state index in [1.807, 2.05) is 6.26 Å². The van der Waals surface area contributed by atoms with Crippen LogP contribution in [0, 0.1) is 0 Å². The van der Waals surface area contributed by atoms with Gasteiger partial charge in [-0.25, -0.2) is 0 Å². The number of amides is 1. The summed E-state index contributed by atoms with van der Waals surface area (Å²) in [4.78, 5) is 12.1. The van der Waals surface area contributed by atoms with E-state index in [-0.39, 0.29) is 18.3 Å².